The van der Waals surface area contributed by atoms with Crippen LogP contribution in [0.5, 0.6) is 11.5 Å². The lowest BCUT2D eigenvalue weighted by molar-refractivity contribution is -0.114. The molecule has 7 heteroatoms. The molecule has 0 saturated heterocycles. The number of halogens is 1. The minimum Gasteiger partial charge on any atom is -0.496 e. The molecule has 5 nitrogen and oxygen atoms in total. The number of amides is 1. The zero-order chi connectivity index (χ0) is 22.2. The van der Waals surface area contributed by atoms with Crippen molar-refractivity contribution in [2.24, 2.45) is 0 Å². The average molecular weight is 466 g/mol. The Balaban J connectivity index is 1.41. The Labute approximate surface area is 193 Å². The van der Waals surface area contributed by atoms with Crippen molar-refractivity contribution in [1.29, 1.82) is 0 Å². The van der Waals surface area contributed by atoms with Crippen LogP contribution in [0.3, 0.4) is 0 Å². The van der Waals surface area contributed by atoms with E-state index < -0.39 is 11.0 Å². The van der Waals surface area contributed by atoms with Gasteiger partial charge in [-0.05, 0) is 65.4 Å². The maximum atomic E-state index is 12.0. The first-order valence-electron chi connectivity index (χ1n) is 10.2. The van der Waals surface area contributed by atoms with Crippen LogP contribution in [0.2, 0.25) is 5.02 Å². The predicted molar refractivity (Wildman–Crippen MR) is 126 cm³/mol. The van der Waals surface area contributed by atoms with E-state index in [1.54, 1.807) is 7.11 Å². The second kappa shape index (κ2) is 8.45. The van der Waals surface area contributed by atoms with Gasteiger partial charge in [0.15, 0.2) is 11.0 Å². The Bertz CT molecular complexity index is 1270. The molecular weight excluding hydrogens is 446 g/mol. The summed E-state index contributed by atoms with van der Waals surface area (Å²) >= 11 is 6.26. The van der Waals surface area contributed by atoms with Gasteiger partial charge in [0.1, 0.15) is 17.6 Å². The second-order valence-corrected chi connectivity index (χ2v) is 9.25. The Morgan fingerprint density at radius 2 is 1.88 bits per heavy atom. The molecule has 0 fully saturated rings. The van der Waals surface area contributed by atoms with Crippen molar-refractivity contribution in [2.45, 2.75) is 18.9 Å². The summed E-state index contributed by atoms with van der Waals surface area (Å²) in [6, 6.07) is 19.2. The number of hydrogen-bond acceptors (Lipinski definition) is 4. The topological polar surface area (TPSA) is 64.6 Å². The highest BCUT2D eigenvalue weighted by Gasteiger charge is 2.28. The molecule has 2 aliphatic rings. The van der Waals surface area contributed by atoms with Gasteiger partial charge in [-0.3, -0.25) is 9.52 Å². The smallest absolute Gasteiger partial charge is 0.257 e. The quantitative estimate of drug-likeness (QED) is 0.561. The molecule has 1 heterocycles. The van der Waals surface area contributed by atoms with E-state index in [2.05, 4.69) is 16.9 Å². The predicted octanol–water partition coefficient (Wildman–Crippen LogP) is 5.22. The van der Waals surface area contributed by atoms with Crippen LogP contribution in [-0.4, -0.2) is 17.2 Å². The molecule has 0 spiro atoms. The zero-order valence-corrected chi connectivity index (χ0v) is 18.8. The van der Waals surface area contributed by atoms with Crippen molar-refractivity contribution < 1.29 is 18.5 Å². The van der Waals surface area contributed by atoms with E-state index in [9.17, 15) is 9.00 Å². The number of carbonyl (C=O) groups excluding carboxylic acids is 1. The number of hydrogen-bond donors (Lipinski definition) is 1. The van der Waals surface area contributed by atoms with Crippen molar-refractivity contribution in [2.75, 3.05) is 7.11 Å². The van der Waals surface area contributed by atoms with Gasteiger partial charge >= 0.3 is 0 Å². The third-order valence-corrected chi connectivity index (χ3v) is 7.11. The molecule has 5 rings (SSSR count). The van der Waals surface area contributed by atoms with E-state index >= 15 is 0 Å². The van der Waals surface area contributed by atoms with Crippen LogP contribution in [0, 0.1) is 0 Å². The molecule has 1 unspecified atom stereocenters. The molecule has 3 aromatic carbocycles. The molecule has 1 aliphatic heterocycles. The summed E-state index contributed by atoms with van der Waals surface area (Å²) < 4.78 is 26.2. The fraction of sp³-hybridized carbons (Fsp3) is 0.160. The van der Waals surface area contributed by atoms with Crippen molar-refractivity contribution in [3.63, 3.8) is 0 Å². The highest BCUT2D eigenvalue weighted by molar-refractivity contribution is 7.93. The molecule has 3 aromatic rings. The summed E-state index contributed by atoms with van der Waals surface area (Å²) in [5.41, 5.74) is 5.21. The number of benzene rings is 3. The highest BCUT2D eigenvalue weighted by Crippen LogP contribution is 2.43. The van der Waals surface area contributed by atoms with Crippen LogP contribution in [0.1, 0.15) is 29.2 Å². The Morgan fingerprint density at radius 3 is 2.59 bits per heavy atom. The first-order valence-corrected chi connectivity index (χ1v) is 11.7. The molecule has 0 saturated carbocycles. The van der Waals surface area contributed by atoms with Gasteiger partial charge in [-0.1, -0.05) is 41.9 Å². The molecule has 32 heavy (non-hydrogen) atoms. The van der Waals surface area contributed by atoms with Gasteiger partial charge < -0.3 is 9.47 Å². The van der Waals surface area contributed by atoms with Gasteiger partial charge in [-0.15, -0.1) is 0 Å². The summed E-state index contributed by atoms with van der Waals surface area (Å²) in [6.45, 7) is 0. The Kier molecular flexibility index (Phi) is 5.49. The molecule has 0 bridgehead atoms. The molecule has 0 aromatic heterocycles. The normalized spacial score (nSPS) is 19.3. The van der Waals surface area contributed by atoms with E-state index in [0.29, 0.717) is 9.93 Å². The summed E-state index contributed by atoms with van der Waals surface area (Å²) in [6.07, 6.45) is 3.06. The number of nitrogens with one attached hydrogen (secondary N) is 1. The Morgan fingerprint density at radius 1 is 1.06 bits per heavy atom. The van der Waals surface area contributed by atoms with Gasteiger partial charge in [0.2, 0.25) is 0 Å². The van der Waals surface area contributed by atoms with E-state index in [-0.39, 0.29) is 12.0 Å². The first-order chi connectivity index (χ1) is 15.5. The molecule has 0 radical (unpaired) electrons. The van der Waals surface area contributed by atoms with E-state index in [0.717, 1.165) is 46.6 Å². The molecular formula is C25H20ClNO4S. The van der Waals surface area contributed by atoms with Gasteiger partial charge in [-0.25, -0.2) is 4.21 Å². The van der Waals surface area contributed by atoms with Crippen molar-refractivity contribution in [1.82, 2.24) is 4.72 Å². The standard InChI is InChI=1S/C25H20ClNO4S/c1-30-22-11-7-16(26)13-21(22)18-3-2-4-20-19(18)10-12-23(20)31-17-8-5-15(6-9-17)24-14-25(28)27-32(24)29/h2-9,11,13-14,23H,10,12H2,1H3,(H,27,28)/t23-,32?/m1/s1. The minimum absolute atomic E-state index is 0.0657. The molecule has 1 N–H and O–H groups in total. The number of methoxy groups -OCH3 is 1. The van der Waals surface area contributed by atoms with Crippen molar-refractivity contribution >= 4 is 33.4 Å². The van der Waals surface area contributed by atoms with Gasteiger partial charge in [0.05, 0.1) is 12.0 Å². The number of ether oxygens (including phenoxy) is 2. The van der Waals surface area contributed by atoms with Gasteiger partial charge in [0, 0.05) is 16.7 Å². The maximum Gasteiger partial charge on any atom is 0.257 e. The fourth-order valence-corrected chi connectivity index (χ4v) is 5.37. The van der Waals surface area contributed by atoms with Gasteiger partial charge in [-0.2, -0.15) is 0 Å². The summed E-state index contributed by atoms with van der Waals surface area (Å²) in [7, 11) is 0.155. The SMILES string of the molecule is COc1ccc(Cl)cc1-c1cccc2c1CC[C@H]2Oc1ccc(C2=CC(=O)NS2=O)cc1. The number of fused-ring (bicyclic) bond motifs is 1. The van der Waals surface area contributed by atoms with Crippen molar-refractivity contribution in [3.8, 4) is 22.6 Å². The lowest BCUT2D eigenvalue weighted by Crippen LogP contribution is -2.16. The van der Waals surface area contributed by atoms with Crippen LogP contribution in [-0.2, 0) is 22.2 Å². The first kappa shape index (κ1) is 20.8. The lowest BCUT2D eigenvalue weighted by Gasteiger charge is -2.17. The molecule has 1 amide bonds. The third kappa shape index (κ3) is 3.80. The van der Waals surface area contributed by atoms with E-state index in [4.69, 9.17) is 21.1 Å². The minimum atomic E-state index is -1.51. The summed E-state index contributed by atoms with van der Waals surface area (Å²) in [5, 5.41) is 0.666. The second-order valence-electron chi connectivity index (χ2n) is 7.63. The monoisotopic (exact) mass is 465 g/mol. The molecule has 2 atom stereocenters. The highest BCUT2D eigenvalue weighted by atomic mass is 35.5. The lowest BCUT2D eigenvalue weighted by atomic mass is 9.96. The summed E-state index contributed by atoms with van der Waals surface area (Å²) in [5.74, 6) is 1.17. The van der Waals surface area contributed by atoms with Crippen LogP contribution in [0.15, 0.2) is 66.7 Å². The van der Waals surface area contributed by atoms with Crippen LogP contribution in [0.4, 0.5) is 0 Å². The Hall–Kier alpha value is -3.09. The van der Waals surface area contributed by atoms with Crippen molar-refractivity contribution in [3.05, 3.63) is 88.5 Å². The maximum absolute atomic E-state index is 12.0. The number of rotatable bonds is 5. The van der Waals surface area contributed by atoms with Crippen LogP contribution < -0.4 is 14.2 Å². The largest absolute Gasteiger partial charge is 0.496 e. The summed E-state index contributed by atoms with van der Waals surface area (Å²) in [4.78, 5) is 11.9. The molecule has 1 aliphatic carbocycles. The zero-order valence-electron chi connectivity index (χ0n) is 17.3. The van der Waals surface area contributed by atoms with Crippen LogP contribution in [0.25, 0.3) is 16.0 Å². The van der Waals surface area contributed by atoms with E-state index in [1.165, 1.54) is 11.6 Å². The molecule has 162 valence electrons. The van der Waals surface area contributed by atoms with Gasteiger partial charge in [0.25, 0.3) is 5.91 Å². The fourth-order valence-electron chi connectivity index (χ4n) is 4.28. The average Bonchev–Trinajstić information content (AvgIpc) is 3.36. The number of carbonyl (C=O) groups is 1. The third-order valence-electron chi connectivity index (χ3n) is 5.74. The van der Waals surface area contributed by atoms with E-state index in [1.807, 2.05) is 48.5 Å². The van der Waals surface area contributed by atoms with Crippen LogP contribution >= 0.6 is 11.6 Å².